The van der Waals surface area contributed by atoms with Crippen LogP contribution in [-0.4, -0.2) is 9.66 Å². The van der Waals surface area contributed by atoms with Crippen LogP contribution < -0.4 is 11.0 Å². The molecule has 0 aliphatic heterocycles. The summed E-state index contributed by atoms with van der Waals surface area (Å²) in [6.45, 7) is 0.420. The van der Waals surface area contributed by atoms with Crippen LogP contribution in [0.5, 0.6) is 0 Å². The van der Waals surface area contributed by atoms with Gasteiger partial charge in [0, 0.05) is 10.6 Å². The van der Waals surface area contributed by atoms with E-state index in [-0.39, 0.29) is 11.4 Å². The van der Waals surface area contributed by atoms with Gasteiger partial charge in [-0.1, -0.05) is 23.7 Å². The Balaban J connectivity index is 1.79. The van der Waals surface area contributed by atoms with E-state index in [1.807, 2.05) is 17.5 Å². The normalized spacial score (nSPS) is 11.0. The molecule has 0 saturated carbocycles. The third kappa shape index (κ3) is 3.21. The summed E-state index contributed by atoms with van der Waals surface area (Å²) in [6.07, 6.45) is 0. The van der Waals surface area contributed by atoms with Gasteiger partial charge in [0.05, 0.1) is 12.1 Å². The van der Waals surface area contributed by atoms with Crippen molar-refractivity contribution in [2.24, 2.45) is 0 Å². The third-order valence-electron chi connectivity index (χ3n) is 3.94. The average molecular weight is 386 g/mol. The Labute approximate surface area is 157 Å². The van der Waals surface area contributed by atoms with Gasteiger partial charge in [0.15, 0.2) is 5.82 Å². The van der Waals surface area contributed by atoms with Gasteiger partial charge < -0.3 is 5.43 Å². The summed E-state index contributed by atoms with van der Waals surface area (Å²) in [5, 5.41) is 2.48. The molecule has 4 rings (SSSR count). The summed E-state index contributed by atoms with van der Waals surface area (Å²) in [5.74, 6) is 0.100. The van der Waals surface area contributed by atoms with E-state index in [1.54, 1.807) is 30.3 Å². The number of hydrogen-bond donors (Lipinski definition) is 1. The topological polar surface area (TPSA) is 46.9 Å². The van der Waals surface area contributed by atoms with E-state index >= 15 is 0 Å². The van der Waals surface area contributed by atoms with Gasteiger partial charge in [-0.25, -0.2) is 14.1 Å². The second kappa shape index (κ2) is 6.90. The van der Waals surface area contributed by atoms with Crippen molar-refractivity contribution in [3.8, 4) is 11.4 Å². The maximum Gasteiger partial charge on any atom is 0.290 e. The highest BCUT2D eigenvalue weighted by molar-refractivity contribution is 7.17. The number of rotatable bonds is 4. The standard InChI is InChI=1S/C19H13ClFN3OS/c20-14-5-1-12(2-6-14)11-22-24-18(13-3-7-15(21)8-4-13)23-16-9-10-26-17(16)19(24)25/h1-10,22H,11H2. The zero-order chi connectivity index (χ0) is 18.1. The van der Waals surface area contributed by atoms with Crippen molar-refractivity contribution in [3.05, 3.63) is 86.7 Å². The van der Waals surface area contributed by atoms with Crippen molar-refractivity contribution in [3.63, 3.8) is 0 Å². The van der Waals surface area contributed by atoms with Crippen molar-refractivity contribution in [2.45, 2.75) is 6.54 Å². The number of benzene rings is 2. The summed E-state index contributed by atoms with van der Waals surface area (Å²) in [4.78, 5) is 17.5. The highest BCUT2D eigenvalue weighted by Gasteiger charge is 2.14. The van der Waals surface area contributed by atoms with Gasteiger partial charge in [-0.2, -0.15) is 0 Å². The van der Waals surface area contributed by atoms with E-state index in [1.165, 1.54) is 28.1 Å². The molecule has 2 aromatic carbocycles. The maximum atomic E-state index is 13.3. The quantitative estimate of drug-likeness (QED) is 0.555. The number of fused-ring (bicyclic) bond motifs is 1. The van der Waals surface area contributed by atoms with Gasteiger partial charge in [0.25, 0.3) is 5.56 Å². The zero-order valence-electron chi connectivity index (χ0n) is 13.4. The lowest BCUT2D eigenvalue weighted by Gasteiger charge is -2.15. The second-order valence-electron chi connectivity index (χ2n) is 5.68. The molecule has 0 unspecified atom stereocenters. The Morgan fingerprint density at radius 2 is 1.81 bits per heavy atom. The van der Waals surface area contributed by atoms with Gasteiger partial charge in [-0.05, 0) is 53.4 Å². The van der Waals surface area contributed by atoms with Crippen LogP contribution >= 0.6 is 22.9 Å². The Kier molecular flexibility index (Phi) is 4.44. The first-order chi connectivity index (χ1) is 12.6. The fourth-order valence-corrected chi connectivity index (χ4v) is 3.51. The van der Waals surface area contributed by atoms with Crippen LogP contribution in [0.1, 0.15) is 5.56 Å². The first-order valence-electron chi connectivity index (χ1n) is 7.86. The molecular formula is C19H13ClFN3OS. The summed E-state index contributed by atoms with van der Waals surface area (Å²) in [5.41, 5.74) is 5.19. The van der Waals surface area contributed by atoms with Crippen molar-refractivity contribution in [1.29, 1.82) is 0 Å². The molecular weight excluding hydrogens is 373 g/mol. The number of aromatic nitrogens is 2. The molecule has 0 aliphatic rings. The SMILES string of the molecule is O=c1c2sccc2nc(-c2ccc(F)cc2)n1NCc1ccc(Cl)cc1. The third-order valence-corrected chi connectivity index (χ3v) is 5.08. The highest BCUT2D eigenvalue weighted by Crippen LogP contribution is 2.21. The Bertz CT molecular complexity index is 1120. The van der Waals surface area contributed by atoms with Crippen LogP contribution in [0.3, 0.4) is 0 Å². The van der Waals surface area contributed by atoms with Gasteiger partial charge in [-0.3, -0.25) is 4.79 Å². The minimum atomic E-state index is -0.339. The van der Waals surface area contributed by atoms with Crippen LogP contribution in [-0.2, 0) is 6.54 Å². The van der Waals surface area contributed by atoms with Crippen molar-refractivity contribution in [1.82, 2.24) is 9.66 Å². The molecule has 130 valence electrons. The second-order valence-corrected chi connectivity index (χ2v) is 7.03. The highest BCUT2D eigenvalue weighted by atomic mass is 35.5. The average Bonchev–Trinajstić information content (AvgIpc) is 3.12. The van der Waals surface area contributed by atoms with E-state index in [9.17, 15) is 9.18 Å². The first kappa shape index (κ1) is 16.8. The minimum Gasteiger partial charge on any atom is -0.317 e. The molecule has 0 atom stereocenters. The van der Waals surface area contributed by atoms with Crippen LogP contribution in [0.2, 0.25) is 5.02 Å². The Hall–Kier alpha value is -2.70. The van der Waals surface area contributed by atoms with Crippen molar-refractivity contribution in [2.75, 3.05) is 5.43 Å². The fourth-order valence-electron chi connectivity index (χ4n) is 2.62. The van der Waals surface area contributed by atoms with E-state index in [2.05, 4.69) is 10.4 Å². The summed E-state index contributed by atoms with van der Waals surface area (Å²) in [7, 11) is 0. The lowest BCUT2D eigenvalue weighted by atomic mass is 10.2. The molecule has 26 heavy (non-hydrogen) atoms. The van der Waals surface area contributed by atoms with Gasteiger partial charge in [-0.15, -0.1) is 11.3 Å². The van der Waals surface area contributed by atoms with E-state index < -0.39 is 0 Å². The van der Waals surface area contributed by atoms with E-state index in [0.717, 1.165) is 5.56 Å². The predicted molar refractivity (Wildman–Crippen MR) is 104 cm³/mol. The molecule has 0 bridgehead atoms. The molecule has 4 nitrogen and oxygen atoms in total. The molecule has 0 radical (unpaired) electrons. The minimum absolute atomic E-state index is 0.182. The lowest BCUT2D eigenvalue weighted by molar-refractivity contribution is 0.628. The molecule has 0 fully saturated rings. The van der Waals surface area contributed by atoms with E-state index in [0.29, 0.717) is 33.2 Å². The molecule has 0 aliphatic carbocycles. The van der Waals surface area contributed by atoms with Crippen LogP contribution in [0, 0.1) is 5.82 Å². The molecule has 1 N–H and O–H groups in total. The number of nitrogens with zero attached hydrogens (tertiary/aromatic N) is 2. The van der Waals surface area contributed by atoms with Crippen LogP contribution in [0.25, 0.3) is 21.6 Å². The molecule has 4 aromatic rings. The van der Waals surface area contributed by atoms with Gasteiger partial charge in [0.1, 0.15) is 10.5 Å². The number of hydrogen-bond acceptors (Lipinski definition) is 4. The number of nitrogens with one attached hydrogen (secondary N) is 1. The fraction of sp³-hybridized carbons (Fsp3) is 0.0526. The largest absolute Gasteiger partial charge is 0.317 e. The maximum absolute atomic E-state index is 13.3. The van der Waals surface area contributed by atoms with Crippen LogP contribution in [0.4, 0.5) is 4.39 Å². The predicted octanol–water partition coefficient (Wildman–Crippen LogP) is 4.66. The monoisotopic (exact) mass is 385 g/mol. The molecule has 7 heteroatoms. The van der Waals surface area contributed by atoms with Gasteiger partial charge >= 0.3 is 0 Å². The van der Waals surface area contributed by atoms with Crippen molar-refractivity contribution >= 4 is 33.2 Å². The summed E-state index contributed by atoms with van der Waals surface area (Å²) >= 11 is 7.25. The summed E-state index contributed by atoms with van der Waals surface area (Å²) < 4.78 is 15.3. The number of halogens is 2. The molecule has 0 amide bonds. The molecule has 0 spiro atoms. The van der Waals surface area contributed by atoms with Gasteiger partial charge in [0.2, 0.25) is 0 Å². The molecule has 2 aromatic heterocycles. The molecule has 2 heterocycles. The summed E-state index contributed by atoms with van der Waals surface area (Å²) in [6, 6.07) is 15.1. The first-order valence-corrected chi connectivity index (χ1v) is 9.12. The van der Waals surface area contributed by atoms with E-state index in [4.69, 9.17) is 11.6 Å². The van der Waals surface area contributed by atoms with Crippen LogP contribution in [0.15, 0.2) is 64.8 Å². The number of thiophene rings is 1. The smallest absolute Gasteiger partial charge is 0.290 e. The Morgan fingerprint density at radius 1 is 1.08 bits per heavy atom. The zero-order valence-corrected chi connectivity index (χ0v) is 15.0. The molecule has 0 saturated heterocycles. The van der Waals surface area contributed by atoms with Crippen molar-refractivity contribution < 1.29 is 4.39 Å². The Morgan fingerprint density at radius 3 is 2.54 bits per heavy atom. The lowest BCUT2D eigenvalue weighted by Crippen LogP contribution is -2.30.